The third-order valence-electron chi connectivity index (χ3n) is 2.21. The van der Waals surface area contributed by atoms with Crippen LogP contribution >= 0.6 is 15.9 Å². The molecule has 2 nitrogen and oxygen atoms in total. The normalized spacial score (nSPS) is 11.3. The average Bonchev–Trinajstić information content (AvgIpc) is 2.21. The highest BCUT2D eigenvalue weighted by Crippen LogP contribution is 2.12. The summed E-state index contributed by atoms with van der Waals surface area (Å²) in [6.45, 7) is 5.47. The van der Waals surface area contributed by atoms with Crippen LogP contribution in [0.1, 0.15) is 29.8 Å². The first-order valence-electron chi connectivity index (χ1n) is 5.00. The van der Waals surface area contributed by atoms with Gasteiger partial charge in [-0.3, -0.25) is 4.79 Å². The standard InChI is InChI=1S/C12H15BrFNO/c1-8-6-9(4-5-10(8)14)11(16)15-12(2,3)7-13/h4-6H,7H2,1-3H3,(H,15,16). The van der Waals surface area contributed by atoms with Crippen LogP contribution in [0.5, 0.6) is 0 Å². The van der Waals surface area contributed by atoms with Crippen LogP contribution in [0.3, 0.4) is 0 Å². The molecule has 0 saturated heterocycles. The Morgan fingerprint density at radius 2 is 2.12 bits per heavy atom. The highest BCUT2D eigenvalue weighted by Gasteiger charge is 2.19. The SMILES string of the molecule is Cc1cc(C(=O)NC(C)(C)CBr)ccc1F. The van der Waals surface area contributed by atoms with Crippen LogP contribution in [0, 0.1) is 12.7 Å². The topological polar surface area (TPSA) is 29.1 Å². The Labute approximate surface area is 103 Å². The molecule has 0 bridgehead atoms. The van der Waals surface area contributed by atoms with Crippen LogP contribution in [0.4, 0.5) is 4.39 Å². The Hall–Kier alpha value is -0.900. The number of nitrogens with one attached hydrogen (secondary N) is 1. The molecule has 16 heavy (non-hydrogen) atoms. The number of carbonyl (C=O) groups is 1. The highest BCUT2D eigenvalue weighted by atomic mass is 79.9. The lowest BCUT2D eigenvalue weighted by atomic mass is 10.1. The van der Waals surface area contributed by atoms with E-state index in [0.717, 1.165) is 0 Å². The molecule has 0 fully saturated rings. The van der Waals surface area contributed by atoms with E-state index in [-0.39, 0.29) is 17.3 Å². The van der Waals surface area contributed by atoms with Crippen molar-refractivity contribution < 1.29 is 9.18 Å². The third-order valence-corrected chi connectivity index (χ3v) is 3.61. The van der Waals surface area contributed by atoms with E-state index < -0.39 is 0 Å². The van der Waals surface area contributed by atoms with E-state index in [1.54, 1.807) is 13.0 Å². The van der Waals surface area contributed by atoms with E-state index in [2.05, 4.69) is 21.2 Å². The second kappa shape index (κ2) is 4.95. The molecule has 1 rings (SSSR count). The molecule has 0 radical (unpaired) electrons. The molecule has 88 valence electrons. The Morgan fingerprint density at radius 1 is 1.50 bits per heavy atom. The van der Waals surface area contributed by atoms with E-state index in [9.17, 15) is 9.18 Å². The molecule has 1 aromatic rings. The summed E-state index contributed by atoms with van der Waals surface area (Å²) < 4.78 is 13.0. The van der Waals surface area contributed by atoms with E-state index in [0.29, 0.717) is 16.5 Å². The molecule has 0 atom stereocenters. The van der Waals surface area contributed by atoms with Gasteiger partial charge in [-0.25, -0.2) is 4.39 Å². The van der Waals surface area contributed by atoms with E-state index >= 15 is 0 Å². The van der Waals surface area contributed by atoms with Gasteiger partial charge in [0.05, 0.1) is 0 Å². The molecule has 0 heterocycles. The number of amides is 1. The van der Waals surface area contributed by atoms with Gasteiger partial charge < -0.3 is 5.32 Å². The molecular weight excluding hydrogens is 273 g/mol. The first kappa shape index (κ1) is 13.2. The first-order chi connectivity index (χ1) is 7.35. The molecule has 1 N–H and O–H groups in total. The summed E-state index contributed by atoms with van der Waals surface area (Å²) in [4.78, 5) is 11.8. The summed E-state index contributed by atoms with van der Waals surface area (Å²) in [5.41, 5.74) is 0.636. The number of rotatable bonds is 3. The minimum atomic E-state index is -0.320. The van der Waals surface area contributed by atoms with Crippen molar-refractivity contribution in [2.45, 2.75) is 26.3 Å². The maximum atomic E-state index is 13.0. The highest BCUT2D eigenvalue weighted by molar-refractivity contribution is 9.09. The number of alkyl halides is 1. The molecule has 0 spiro atoms. The van der Waals surface area contributed by atoms with Crippen molar-refractivity contribution in [3.63, 3.8) is 0 Å². The molecule has 0 aromatic heterocycles. The van der Waals surface area contributed by atoms with Gasteiger partial charge in [0.15, 0.2) is 0 Å². The lowest BCUT2D eigenvalue weighted by molar-refractivity contribution is 0.0921. The summed E-state index contributed by atoms with van der Waals surface area (Å²) in [7, 11) is 0. The minimum Gasteiger partial charge on any atom is -0.346 e. The number of hydrogen-bond acceptors (Lipinski definition) is 1. The van der Waals surface area contributed by atoms with Crippen molar-refractivity contribution in [1.82, 2.24) is 5.32 Å². The zero-order valence-corrected chi connectivity index (χ0v) is 11.2. The summed E-state index contributed by atoms with van der Waals surface area (Å²) in [5.74, 6) is -0.483. The van der Waals surface area contributed by atoms with Gasteiger partial charge in [-0.05, 0) is 44.5 Å². The summed E-state index contributed by atoms with van der Waals surface area (Å²) in [6.07, 6.45) is 0. The summed E-state index contributed by atoms with van der Waals surface area (Å²) >= 11 is 3.32. The molecule has 1 amide bonds. The molecule has 0 aliphatic carbocycles. The largest absolute Gasteiger partial charge is 0.346 e. The van der Waals surface area contributed by atoms with Gasteiger partial charge in [0.25, 0.3) is 5.91 Å². The van der Waals surface area contributed by atoms with Gasteiger partial charge >= 0.3 is 0 Å². The second-order valence-corrected chi connectivity index (χ2v) is 5.00. The van der Waals surface area contributed by atoms with Crippen LogP contribution in [0.2, 0.25) is 0 Å². The predicted octanol–water partition coefficient (Wildman–Crippen LogP) is 3.04. The molecule has 0 aliphatic heterocycles. The number of hydrogen-bond donors (Lipinski definition) is 1. The van der Waals surface area contributed by atoms with Gasteiger partial charge in [-0.2, -0.15) is 0 Å². The van der Waals surface area contributed by atoms with E-state index in [1.165, 1.54) is 12.1 Å². The smallest absolute Gasteiger partial charge is 0.251 e. The van der Waals surface area contributed by atoms with Crippen LogP contribution < -0.4 is 5.32 Å². The van der Waals surface area contributed by atoms with Crippen molar-refractivity contribution in [3.8, 4) is 0 Å². The number of aryl methyl sites for hydroxylation is 1. The predicted molar refractivity (Wildman–Crippen MR) is 66.5 cm³/mol. The summed E-state index contributed by atoms with van der Waals surface area (Å²) in [5, 5.41) is 3.52. The van der Waals surface area contributed by atoms with Gasteiger partial charge in [0.2, 0.25) is 0 Å². The lowest BCUT2D eigenvalue weighted by Gasteiger charge is -2.23. The van der Waals surface area contributed by atoms with Gasteiger partial charge in [0.1, 0.15) is 5.82 Å². The van der Waals surface area contributed by atoms with Gasteiger partial charge in [-0.1, -0.05) is 15.9 Å². The van der Waals surface area contributed by atoms with Crippen molar-refractivity contribution in [2.75, 3.05) is 5.33 Å². The van der Waals surface area contributed by atoms with Crippen molar-refractivity contribution >= 4 is 21.8 Å². The Kier molecular flexibility index (Phi) is 4.08. The first-order valence-corrected chi connectivity index (χ1v) is 6.12. The Bertz CT molecular complexity index is 404. The quantitative estimate of drug-likeness (QED) is 0.851. The number of carbonyl (C=O) groups excluding carboxylic acids is 1. The number of halogens is 2. The van der Waals surface area contributed by atoms with Crippen LogP contribution in [0.15, 0.2) is 18.2 Å². The van der Waals surface area contributed by atoms with Gasteiger partial charge in [0, 0.05) is 16.4 Å². The van der Waals surface area contributed by atoms with Crippen molar-refractivity contribution in [3.05, 3.63) is 35.1 Å². The van der Waals surface area contributed by atoms with Gasteiger partial charge in [-0.15, -0.1) is 0 Å². The maximum Gasteiger partial charge on any atom is 0.251 e. The molecule has 4 heteroatoms. The Morgan fingerprint density at radius 3 is 2.62 bits per heavy atom. The third kappa shape index (κ3) is 3.30. The van der Waals surface area contributed by atoms with E-state index in [4.69, 9.17) is 0 Å². The average molecular weight is 288 g/mol. The molecule has 0 aliphatic rings. The maximum absolute atomic E-state index is 13.0. The molecule has 0 saturated carbocycles. The summed E-state index contributed by atoms with van der Waals surface area (Å²) in [6, 6.07) is 4.35. The zero-order valence-electron chi connectivity index (χ0n) is 9.60. The van der Waals surface area contributed by atoms with Crippen LogP contribution in [-0.2, 0) is 0 Å². The monoisotopic (exact) mass is 287 g/mol. The van der Waals surface area contributed by atoms with Crippen molar-refractivity contribution in [2.24, 2.45) is 0 Å². The fourth-order valence-electron chi connectivity index (χ4n) is 1.20. The van der Waals surface area contributed by atoms with Crippen LogP contribution in [0.25, 0.3) is 0 Å². The molecular formula is C12H15BrFNO. The second-order valence-electron chi connectivity index (χ2n) is 4.44. The zero-order chi connectivity index (χ0) is 12.3. The number of benzene rings is 1. The van der Waals surface area contributed by atoms with Crippen molar-refractivity contribution in [1.29, 1.82) is 0 Å². The lowest BCUT2D eigenvalue weighted by Crippen LogP contribution is -2.44. The van der Waals surface area contributed by atoms with E-state index in [1.807, 2.05) is 13.8 Å². The molecule has 0 unspecified atom stereocenters. The fraction of sp³-hybridized carbons (Fsp3) is 0.417. The Balaban J connectivity index is 2.85. The fourth-order valence-corrected chi connectivity index (χ4v) is 1.34. The van der Waals surface area contributed by atoms with Crippen LogP contribution in [-0.4, -0.2) is 16.8 Å². The molecule has 1 aromatic carbocycles. The minimum absolute atomic E-state index is 0.187.